The minimum atomic E-state index is 0. The van der Waals surface area contributed by atoms with Crippen LogP contribution in [-0.2, 0) is 20.1 Å². The molecule has 91 valence electrons. The maximum Gasteiger partial charge on any atom is 0.0636 e. The second kappa shape index (κ2) is 5.76. The third kappa shape index (κ3) is 2.58. The summed E-state index contributed by atoms with van der Waals surface area (Å²) in [7, 11) is 0. The molecule has 0 bridgehead atoms. The number of rotatable bonds is 2. The smallest absolute Gasteiger partial charge is 0.0636 e. The first-order valence-corrected chi connectivity index (χ1v) is 5.52. The summed E-state index contributed by atoms with van der Waals surface area (Å²) < 4.78 is 1.87. The molecule has 0 spiro atoms. The van der Waals surface area contributed by atoms with Crippen molar-refractivity contribution in [2.24, 2.45) is 0 Å². The van der Waals surface area contributed by atoms with Crippen LogP contribution in [0.2, 0.25) is 0 Å². The molecule has 3 heteroatoms. The quantitative estimate of drug-likeness (QED) is 0.592. The number of nitrogens with zero attached hydrogens (tertiary/aromatic N) is 2. The van der Waals surface area contributed by atoms with Crippen LogP contribution >= 0.6 is 0 Å². The zero-order valence-corrected chi connectivity index (χ0v) is 12.0. The Morgan fingerprint density at radius 3 is 2.39 bits per heavy atom. The fourth-order valence-electron chi connectivity index (χ4n) is 1.74. The summed E-state index contributed by atoms with van der Waals surface area (Å²) in [5.41, 5.74) is 3.02. The van der Waals surface area contributed by atoms with Crippen molar-refractivity contribution >= 4 is 0 Å². The monoisotopic (exact) mass is 412 g/mol. The van der Waals surface area contributed by atoms with Gasteiger partial charge in [0, 0.05) is 32.0 Å². The third-order valence-corrected chi connectivity index (χ3v) is 2.59. The Labute approximate surface area is 120 Å². The van der Waals surface area contributed by atoms with Gasteiger partial charge in [-0.05, 0) is 12.1 Å². The van der Waals surface area contributed by atoms with Gasteiger partial charge in [0.2, 0.25) is 0 Å². The summed E-state index contributed by atoms with van der Waals surface area (Å²) in [4.78, 5) is 0. The van der Waals surface area contributed by atoms with Crippen molar-refractivity contribution in [3.8, 4) is 16.9 Å². The molecule has 0 unspecified atom stereocenters. The van der Waals surface area contributed by atoms with Crippen molar-refractivity contribution in [2.75, 3.05) is 0 Å². The first kappa shape index (κ1) is 12.7. The Hall–Kier alpha value is -1.70. The Kier molecular flexibility index (Phi) is 4.08. The van der Waals surface area contributed by atoms with Crippen molar-refractivity contribution in [1.29, 1.82) is 0 Å². The van der Waals surface area contributed by atoms with Crippen molar-refractivity contribution in [1.82, 2.24) is 9.78 Å². The van der Waals surface area contributed by atoms with Gasteiger partial charge in [-0.25, -0.2) is 5.10 Å². The average molecular weight is 411 g/mol. The van der Waals surface area contributed by atoms with Gasteiger partial charge in [-0.2, -0.15) is 0 Å². The van der Waals surface area contributed by atoms with Gasteiger partial charge in [0.15, 0.2) is 0 Å². The summed E-state index contributed by atoms with van der Waals surface area (Å²) in [5, 5.41) is 4.54. The zero-order chi connectivity index (χ0) is 11.5. The maximum absolute atomic E-state index is 4.54. The van der Waals surface area contributed by atoms with E-state index in [1.807, 2.05) is 71.5 Å². The molecule has 3 aromatic rings. The fraction of sp³-hybridized carbons (Fsp3) is 0. The molecule has 1 radical (unpaired) electrons. The van der Waals surface area contributed by atoms with Gasteiger partial charge < -0.3 is 0 Å². The number of hydrogen-bond donors (Lipinski definition) is 0. The second-order valence-electron chi connectivity index (χ2n) is 3.76. The van der Waals surface area contributed by atoms with E-state index in [4.69, 9.17) is 0 Å². The predicted molar refractivity (Wildman–Crippen MR) is 67.8 cm³/mol. The van der Waals surface area contributed by atoms with Crippen LogP contribution in [0.5, 0.6) is 0 Å². The van der Waals surface area contributed by atoms with Crippen LogP contribution in [0.1, 0.15) is 0 Å². The Morgan fingerprint density at radius 1 is 0.889 bits per heavy atom. The number of aromatic nitrogens is 2. The topological polar surface area (TPSA) is 17.8 Å². The van der Waals surface area contributed by atoms with Crippen molar-refractivity contribution in [2.45, 2.75) is 0 Å². The molecule has 2 nitrogen and oxygen atoms in total. The van der Waals surface area contributed by atoms with E-state index < -0.39 is 0 Å². The van der Waals surface area contributed by atoms with E-state index in [9.17, 15) is 0 Å². The van der Waals surface area contributed by atoms with Crippen LogP contribution < -0.4 is 0 Å². The molecule has 0 saturated heterocycles. The van der Waals surface area contributed by atoms with Gasteiger partial charge in [0.05, 0.1) is 5.69 Å². The Morgan fingerprint density at radius 2 is 1.67 bits per heavy atom. The van der Waals surface area contributed by atoms with Crippen LogP contribution in [0.15, 0.2) is 66.9 Å². The average Bonchev–Trinajstić information content (AvgIpc) is 2.90. The minimum absolute atomic E-state index is 0. The summed E-state index contributed by atoms with van der Waals surface area (Å²) in [6, 6.07) is 23.1. The first-order valence-electron chi connectivity index (χ1n) is 5.52. The van der Waals surface area contributed by atoms with Gasteiger partial charge >= 0.3 is 0 Å². The molecule has 0 N–H and O–H groups in total. The number of hydrogen-bond acceptors (Lipinski definition) is 1. The van der Waals surface area contributed by atoms with Crippen LogP contribution in [0, 0.1) is 6.07 Å². The maximum atomic E-state index is 4.54. The third-order valence-electron chi connectivity index (χ3n) is 2.59. The van der Waals surface area contributed by atoms with Gasteiger partial charge in [-0.1, -0.05) is 24.3 Å². The van der Waals surface area contributed by atoms with Crippen LogP contribution in [0.3, 0.4) is 0 Å². The molecule has 1 heterocycles. The largest absolute Gasteiger partial charge is 0.250 e. The van der Waals surface area contributed by atoms with Crippen molar-refractivity contribution in [3.05, 3.63) is 72.9 Å². The molecule has 3 rings (SSSR count). The molecule has 2 aromatic carbocycles. The molecular weight excluding hydrogens is 400 g/mol. The van der Waals surface area contributed by atoms with Crippen molar-refractivity contribution < 1.29 is 20.1 Å². The van der Waals surface area contributed by atoms with Crippen LogP contribution in [0.4, 0.5) is 0 Å². The molecule has 1 aromatic heterocycles. The number of para-hydroxylation sites is 1. The molecule has 0 atom stereocenters. The van der Waals surface area contributed by atoms with Crippen LogP contribution in [-0.4, -0.2) is 9.78 Å². The molecule has 0 saturated carbocycles. The Bertz CT molecular complexity index is 549. The molecule has 0 aliphatic carbocycles. The summed E-state index contributed by atoms with van der Waals surface area (Å²) in [6.07, 6.45) is 1.96. The molecule has 0 aliphatic heterocycles. The zero-order valence-electron chi connectivity index (χ0n) is 9.58. The molecule has 0 aliphatic rings. The summed E-state index contributed by atoms with van der Waals surface area (Å²) >= 11 is 0. The van der Waals surface area contributed by atoms with Gasteiger partial charge in [0.1, 0.15) is 0 Å². The summed E-state index contributed by atoms with van der Waals surface area (Å²) in [6.45, 7) is 0. The normalized spacial score (nSPS) is 9.78. The summed E-state index contributed by atoms with van der Waals surface area (Å²) in [5.74, 6) is 0. The van der Waals surface area contributed by atoms with E-state index in [1.165, 1.54) is 0 Å². The fourth-order valence-corrected chi connectivity index (χ4v) is 1.74. The van der Waals surface area contributed by atoms with E-state index in [0.717, 1.165) is 16.9 Å². The minimum Gasteiger partial charge on any atom is -0.250 e. The van der Waals surface area contributed by atoms with Crippen molar-refractivity contribution in [3.63, 3.8) is 0 Å². The molecule has 0 amide bonds. The van der Waals surface area contributed by atoms with Gasteiger partial charge in [-0.3, -0.25) is 4.68 Å². The number of benzene rings is 2. The van der Waals surface area contributed by atoms with Gasteiger partial charge in [-0.15, -0.1) is 35.9 Å². The van der Waals surface area contributed by atoms with E-state index in [2.05, 4.69) is 11.2 Å². The van der Waals surface area contributed by atoms with Gasteiger partial charge in [0.25, 0.3) is 0 Å². The molecule has 18 heavy (non-hydrogen) atoms. The first-order chi connectivity index (χ1) is 8.43. The van der Waals surface area contributed by atoms with E-state index in [-0.39, 0.29) is 20.1 Å². The van der Waals surface area contributed by atoms with E-state index >= 15 is 0 Å². The standard InChI is InChI=1S/C15H11N2.Ir/c1-3-7-13(8-4-1)15-11-12-17(16-15)14-9-5-2-6-10-14;/h1-7,9-12H;/q-1;. The van der Waals surface area contributed by atoms with E-state index in [0.29, 0.717) is 0 Å². The Balaban J connectivity index is 0.00000120. The van der Waals surface area contributed by atoms with E-state index in [1.54, 1.807) is 0 Å². The predicted octanol–water partition coefficient (Wildman–Crippen LogP) is 3.34. The SMILES string of the molecule is [Ir].[c-]1ccccc1-c1ccn(-c2ccccc2)n1. The molecule has 0 fully saturated rings. The molecular formula is C15H11IrN2-. The second-order valence-corrected chi connectivity index (χ2v) is 3.76. The van der Waals surface area contributed by atoms with Crippen LogP contribution in [0.25, 0.3) is 16.9 Å².